The summed E-state index contributed by atoms with van der Waals surface area (Å²) in [5, 5.41) is 15.2. The van der Waals surface area contributed by atoms with Gasteiger partial charge in [-0.2, -0.15) is 10.4 Å². The van der Waals surface area contributed by atoms with E-state index in [9.17, 15) is 5.26 Å². The first-order chi connectivity index (χ1) is 17.3. The molecule has 6 rings (SSSR count). The lowest BCUT2D eigenvalue weighted by molar-refractivity contribution is 0.123. The molecule has 0 spiro atoms. The minimum Gasteiger partial charge on any atom is -0.378 e. The average Bonchev–Trinajstić information content (AvgIpc) is 3.31. The third-order valence-electron chi connectivity index (χ3n) is 6.17. The minimum atomic E-state index is 0.591. The van der Waals surface area contributed by atoms with E-state index < -0.39 is 0 Å². The van der Waals surface area contributed by atoms with Crippen LogP contribution in [0.3, 0.4) is 0 Å². The van der Waals surface area contributed by atoms with E-state index in [4.69, 9.17) is 14.7 Å². The molecule has 5 aromatic rings. The van der Waals surface area contributed by atoms with Crippen LogP contribution in [0, 0.1) is 11.3 Å². The SMILES string of the molecule is N#Cc1cccc(-c2c(C=Cc3ccc4ccccc4n3)nc3c(N4CCOCC4)ccnn23)c1. The quantitative estimate of drug-likeness (QED) is 0.384. The number of hydrogen-bond donors (Lipinski definition) is 0. The Morgan fingerprint density at radius 3 is 2.69 bits per heavy atom. The summed E-state index contributed by atoms with van der Waals surface area (Å²) < 4.78 is 7.41. The number of hydrogen-bond acceptors (Lipinski definition) is 6. The molecule has 0 unspecified atom stereocenters. The molecule has 0 atom stereocenters. The molecule has 1 aliphatic rings. The zero-order valence-electron chi connectivity index (χ0n) is 19.0. The van der Waals surface area contributed by atoms with E-state index in [0.29, 0.717) is 18.8 Å². The fraction of sp³-hybridized carbons (Fsp3) is 0.143. The number of fused-ring (bicyclic) bond motifs is 2. The van der Waals surface area contributed by atoms with Gasteiger partial charge in [0.15, 0.2) is 5.65 Å². The molecule has 0 aliphatic carbocycles. The van der Waals surface area contributed by atoms with Gasteiger partial charge in [-0.3, -0.25) is 0 Å². The number of morpholine rings is 1. The second-order valence-electron chi connectivity index (χ2n) is 8.35. The maximum atomic E-state index is 9.47. The van der Waals surface area contributed by atoms with Crippen molar-refractivity contribution in [3.63, 3.8) is 0 Å². The molecule has 4 heterocycles. The van der Waals surface area contributed by atoms with Crippen molar-refractivity contribution in [2.24, 2.45) is 0 Å². The van der Waals surface area contributed by atoms with Gasteiger partial charge in [-0.1, -0.05) is 36.4 Å². The molecule has 0 radical (unpaired) electrons. The van der Waals surface area contributed by atoms with E-state index in [-0.39, 0.29) is 0 Å². The number of ether oxygens (including phenoxy) is 1. The van der Waals surface area contributed by atoms with Crippen molar-refractivity contribution in [1.29, 1.82) is 5.26 Å². The molecule has 2 aromatic carbocycles. The third-order valence-corrected chi connectivity index (χ3v) is 6.17. The van der Waals surface area contributed by atoms with Crippen LogP contribution in [-0.2, 0) is 4.74 Å². The second kappa shape index (κ2) is 9.01. The molecule has 35 heavy (non-hydrogen) atoms. The molecule has 0 amide bonds. The maximum Gasteiger partial charge on any atom is 0.178 e. The van der Waals surface area contributed by atoms with Crippen molar-refractivity contribution >= 4 is 34.4 Å². The van der Waals surface area contributed by atoms with Gasteiger partial charge in [0.05, 0.1) is 53.6 Å². The molecule has 1 fully saturated rings. The number of anilines is 1. The zero-order valence-corrected chi connectivity index (χ0v) is 19.0. The van der Waals surface area contributed by atoms with Crippen LogP contribution in [0.2, 0.25) is 0 Å². The summed E-state index contributed by atoms with van der Waals surface area (Å²) in [6.45, 7) is 2.98. The highest BCUT2D eigenvalue weighted by Crippen LogP contribution is 2.31. The summed E-state index contributed by atoms with van der Waals surface area (Å²) in [4.78, 5) is 12.1. The molecule has 7 nitrogen and oxygen atoms in total. The van der Waals surface area contributed by atoms with Crippen molar-refractivity contribution in [2.75, 3.05) is 31.2 Å². The largest absolute Gasteiger partial charge is 0.378 e. The average molecular weight is 459 g/mol. The van der Waals surface area contributed by atoms with E-state index in [1.165, 1.54) is 0 Å². The van der Waals surface area contributed by atoms with Gasteiger partial charge in [0.2, 0.25) is 0 Å². The highest BCUT2D eigenvalue weighted by molar-refractivity contribution is 5.84. The van der Waals surface area contributed by atoms with Gasteiger partial charge in [0.1, 0.15) is 5.69 Å². The zero-order chi connectivity index (χ0) is 23.6. The molecule has 7 heteroatoms. The number of nitrogens with zero attached hydrogens (tertiary/aromatic N) is 6. The lowest BCUT2D eigenvalue weighted by Gasteiger charge is -2.28. The van der Waals surface area contributed by atoms with Crippen LogP contribution >= 0.6 is 0 Å². The van der Waals surface area contributed by atoms with Crippen LogP contribution in [0.25, 0.3) is 40.0 Å². The Bertz CT molecular complexity index is 1610. The number of imidazole rings is 1. The normalized spacial score (nSPS) is 14.1. The van der Waals surface area contributed by atoms with Crippen LogP contribution in [0.5, 0.6) is 0 Å². The highest BCUT2D eigenvalue weighted by Gasteiger charge is 2.20. The first-order valence-corrected chi connectivity index (χ1v) is 11.5. The number of benzene rings is 2. The molecular weight excluding hydrogens is 436 g/mol. The predicted molar refractivity (Wildman–Crippen MR) is 137 cm³/mol. The summed E-state index contributed by atoms with van der Waals surface area (Å²) in [5.74, 6) is 0. The number of nitriles is 1. The molecule has 3 aromatic heterocycles. The highest BCUT2D eigenvalue weighted by atomic mass is 16.5. The van der Waals surface area contributed by atoms with Gasteiger partial charge in [-0.25, -0.2) is 14.5 Å². The van der Waals surface area contributed by atoms with Gasteiger partial charge in [-0.05, 0) is 42.5 Å². The first kappa shape index (κ1) is 21.0. The van der Waals surface area contributed by atoms with E-state index in [1.807, 2.05) is 65.2 Å². The smallest absolute Gasteiger partial charge is 0.178 e. The number of pyridine rings is 1. The van der Waals surface area contributed by atoms with Gasteiger partial charge in [0, 0.05) is 24.0 Å². The van der Waals surface area contributed by atoms with Crippen molar-refractivity contribution in [2.45, 2.75) is 0 Å². The fourth-order valence-corrected chi connectivity index (χ4v) is 4.46. The number of rotatable bonds is 4. The third kappa shape index (κ3) is 4.01. The first-order valence-electron chi connectivity index (χ1n) is 11.5. The Hall–Kier alpha value is -4.54. The molecule has 0 N–H and O–H groups in total. The molecule has 170 valence electrons. The summed E-state index contributed by atoms with van der Waals surface area (Å²) in [5.41, 5.74) is 6.67. The van der Waals surface area contributed by atoms with Crippen molar-refractivity contribution < 1.29 is 4.74 Å². The topological polar surface area (TPSA) is 79.3 Å². The van der Waals surface area contributed by atoms with Gasteiger partial charge in [0.25, 0.3) is 0 Å². The van der Waals surface area contributed by atoms with Gasteiger partial charge < -0.3 is 9.64 Å². The molecule has 0 bridgehead atoms. The number of aromatic nitrogens is 4. The van der Waals surface area contributed by atoms with E-state index in [0.717, 1.165) is 58.0 Å². The van der Waals surface area contributed by atoms with E-state index >= 15 is 0 Å². The Balaban J connectivity index is 1.51. The van der Waals surface area contributed by atoms with Gasteiger partial charge in [-0.15, -0.1) is 0 Å². The standard InChI is InChI=1S/C28H22N6O/c29-19-20-4-3-6-22(18-20)27-25(11-10-23-9-8-21-5-1-2-7-24(21)31-23)32-28-26(12-13-30-34(27)28)33-14-16-35-17-15-33/h1-13,18H,14-17H2. The minimum absolute atomic E-state index is 0.591. The van der Waals surface area contributed by atoms with Crippen molar-refractivity contribution in [1.82, 2.24) is 19.6 Å². The fourth-order valence-electron chi connectivity index (χ4n) is 4.46. The van der Waals surface area contributed by atoms with Crippen LogP contribution in [-0.4, -0.2) is 45.9 Å². The Kier molecular flexibility index (Phi) is 5.41. The van der Waals surface area contributed by atoms with Crippen molar-refractivity contribution in [3.8, 4) is 17.3 Å². The monoisotopic (exact) mass is 458 g/mol. The summed E-state index contributed by atoms with van der Waals surface area (Å²) in [6, 6.07) is 23.9. The van der Waals surface area contributed by atoms with Gasteiger partial charge >= 0.3 is 0 Å². The predicted octanol–water partition coefficient (Wildman–Crippen LogP) is 4.82. The molecule has 1 aliphatic heterocycles. The molecular formula is C28H22N6O. The van der Waals surface area contributed by atoms with Crippen LogP contribution in [0.15, 0.2) is 72.9 Å². The lowest BCUT2D eigenvalue weighted by atomic mass is 10.1. The van der Waals surface area contributed by atoms with E-state index in [1.54, 1.807) is 12.3 Å². The molecule has 1 saturated heterocycles. The molecule has 0 saturated carbocycles. The summed E-state index contributed by atoms with van der Waals surface area (Å²) in [7, 11) is 0. The summed E-state index contributed by atoms with van der Waals surface area (Å²) in [6.07, 6.45) is 5.75. The van der Waals surface area contributed by atoms with Crippen LogP contribution < -0.4 is 4.90 Å². The van der Waals surface area contributed by atoms with Crippen molar-refractivity contribution in [3.05, 3.63) is 89.9 Å². The maximum absolute atomic E-state index is 9.47. The van der Waals surface area contributed by atoms with Crippen LogP contribution in [0.4, 0.5) is 5.69 Å². The lowest BCUT2D eigenvalue weighted by Crippen LogP contribution is -2.36. The Labute approximate surface area is 202 Å². The Morgan fingerprint density at radius 2 is 1.80 bits per heavy atom. The number of para-hydroxylation sites is 1. The van der Waals surface area contributed by atoms with Crippen LogP contribution in [0.1, 0.15) is 17.0 Å². The summed E-state index contributed by atoms with van der Waals surface area (Å²) >= 11 is 0. The Morgan fingerprint density at radius 1 is 0.914 bits per heavy atom. The van der Waals surface area contributed by atoms with E-state index in [2.05, 4.69) is 28.2 Å². The second-order valence-corrected chi connectivity index (χ2v) is 8.35.